The predicted molar refractivity (Wildman–Crippen MR) is 107 cm³/mol. The summed E-state index contributed by atoms with van der Waals surface area (Å²) in [6, 6.07) is 3.79. The van der Waals surface area contributed by atoms with E-state index in [4.69, 9.17) is 9.47 Å². The monoisotopic (exact) mass is 399 g/mol. The highest BCUT2D eigenvalue weighted by atomic mass is 16.6. The molecule has 0 N–H and O–H groups in total. The number of hydrogen-bond donors (Lipinski definition) is 0. The molecule has 3 heterocycles. The highest BCUT2D eigenvalue weighted by Gasteiger charge is 2.44. The van der Waals surface area contributed by atoms with Crippen LogP contribution in [0.4, 0.5) is 4.79 Å². The third kappa shape index (κ3) is 4.36. The third-order valence-corrected chi connectivity index (χ3v) is 5.58. The first-order valence-electron chi connectivity index (χ1n) is 10.2. The number of ether oxygens (including phenoxy) is 2. The van der Waals surface area contributed by atoms with Gasteiger partial charge in [-0.2, -0.15) is 5.10 Å². The molecule has 2 aromatic rings. The molecule has 29 heavy (non-hydrogen) atoms. The lowest BCUT2D eigenvalue weighted by atomic mass is 10.0. The molecule has 8 heteroatoms. The maximum Gasteiger partial charge on any atom is 0.410 e. The highest BCUT2D eigenvalue weighted by molar-refractivity contribution is 5.68. The summed E-state index contributed by atoms with van der Waals surface area (Å²) >= 11 is 0. The summed E-state index contributed by atoms with van der Waals surface area (Å²) in [6.07, 6.45) is 3.70. The van der Waals surface area contributed by atoms with Crippen LogP contribution in [-0.4, -0.2) is 55.8 Å². The minimum absolute atomic E-state index is 0.117. The second-order valence-corrected chi connectivity index (χ2v) is 9.18. The Morgan fingerprint density at radius 1 is 1.14 bits per heavy atom. The molecule has 0 radical (unpaired) electrons. The maximum absolute atomic E-state index is 12.3. The van der Waals surface area contributed by atoms with Crippen LogP contribution in [0.15, 0.2) is 18.3 Å². The number of amides is 1. The molecule has 156 valence electrons. The fourth-order valence-corrected chi connectivity index (χ4v) is 4.36. The zero-order valence-corrected chi connectivity index (χ0v) is 17.8. The number of carbonyl (C=O) groups is 1. The normalized spacial score (nSPS) is 23.9. The topological polar surface area (TPSA) is 82.4 Å². The van der Waals surface area contributed by atoms with Crippen molar-refractivity contribution in [3.63, 3.8) is 0 Å². The van der Waals surface area contributed by atoms with Crippen molar-refractivity contribution in [2.75, 3.05) is 13.1 Å². The van der Waals surface area contributed by atoms with Gasteiger partial charge in [0.1, 0.15) is 11.7 Å². The maximum atomic E-state index is 12.3. The van der Waals surface area contributed by atoms with Crippen molar-refractivity contribution in [3.05, 3.63) is 24.0 Å². The van der Waals surface area contributed by atoms with Crippen LogP contribution < -0.4 is 4.74 Å². The largest absolute Gasteiger partial charge is 0.473 e. The molecule has 1 aliphatic heterocycles. The van der Waals surface area contributed by atoms with Crippen LogP contribution in [0.25, 0.3) is 11.3 Å². The lowest BCUT2D eigenvalue weighted by Crippen LogP contribution is -2.36. The summed E-state index contributed by atoms with van der Waals surface area (Å²) in [6.45, 7) is 9.13. The molecule has 1 saturated carbocycles. The van der Waals surface area contributed by atoms with E-state index >= 15 is 0 Å². The molecule has 1 unspecified atom stereocenters. The van der Waals surface area contributed by atoms with Gasteiger partial charge in [0.25, 0.3) is 0 Å². The van der Waals surface area contributed by atoms with Crippen LogP contribution in [0.1, 0.15) is 39.3 Å². The standard InChI is InChI=1S/C21H29N5O3/c1-13-17(12-25(5)24-13)18-6-7-19(23-22-18)28-16-8-14-10-26(11-15(14)9-16)20(27)29-21(2,3)4/h6-7,12,14-16H,8-11H2,1-5H3/t14-,15+,16?. The molecule has 4 rings (SSSR count). The Balaban J connectivity index is 1.32. The highest BCUT2D eigenvalue weighted by Crippen LogP contribution is 2.40. The fourth-order valence-electron chi connectivity index (χ4n) is 4.36. The zero-order chi connectivity index (χ0) is 20.8. The van der Waals surface area contributed by atoms with Gasteiger partial charge in [-0.3, -0.25) is 4.68 Å². The second-order valence-electron chi connectivity index (χ2n) is 9.18. The van der Waals surface area contributed by atoms with Gasteiger partial charge in [0.15, 0.2) is 0 Å². The first-order chi connectivity index (χ1) is 13.7. The SMILES string of the molecule is Cc1nn(C)cc1-c1ccc(OC2C[C@@H]3CN(C(=O)OC(C)(C)C)C[C@@H]3C2)nn1. The molecule has 2 aromatic heterocycles. The van der Waals surface area contributed by atoms with Gasteiger partial charge in [-0.1, -0.05) is 0 Å². The Hall–Kier alpha value is -2.64. The Bertz CT molecular complexity index is 873. The summed E-state index contributed by atoms with van der Waals surface area (Å²) < 4.78 is 13.4. The van der Waals surface area contributed by atoms with E-state index in [1.807, 2.05) is 58.0 Å². The number of hydrogen-bond acceptors (Lipinski definition) is 6. The van der Waals surface area contributed by atoms with Gasteiger partial charge in [-0.15, -0.1) is 10.2 Å². The zero-order valence-electron chi connectivity index (χ0n) is 17.8. The first-order valence-corrected chi connectivity index (χ1v) is 10.2. The van der Waals surface area contributed by atoms with Crippen molar-refractivity contribution in [3.8, 4) is 17.1 Å². The van der Waals surface area contributed by atoms with Crippen molar-refractivity contribution in [1.29, 1.82) is 0 Å². The average Bonchev–Trinajstić information content (AvgIpc) is 3.27. The summed E-state index contributed by atoms with van der Waals surface area (Å²) in [4.78, 5) is 14.1. The van der Waals surface area contributed by atoms with Crippen LogP contribution >= 0.6 is 0 Å². The van der Waals surface area contributed by atoms with E-state index in [-0.39, 0.29) is 12.2 Å². The quantitative estimate of drug-likeness (QED) is 0.788. The van der Waals surface area contributed by atoms with Crippen molar-refractivity contribution in [2.45, 2.75) is 52.2 Å². The van der Waals surface area contributed by atoms with Crippen LogP contribution in [-0.2, 0) is 11.8 Å². The Labute approximate surface area is 171 Å². The lowest BCUT2D eigenvalue weighted by Gasteiger charge is -2.25. The number of carbonyl (C=O) groups excluding carboxylic acids is 1. The molecule has 8 nitrogen and oxygen atoms in total. The van der Waals surface area contributed by atoms with Crippen LogP contribution in [0.5, 0.6) is 5.88 Å². The van der Waals surface area contributed by atoms with Crippen LogP contribution in [0, 0.1) is 18.8 Å². The van der Waals surface area contributed by atoms with Gasteiger partial charge >= 0.3 is 6.09 Å². The number of fused-ring (bicyclic) bond motifs is 1. The molecular formula is C21H29N5O3. The second kappa shape index (κ2) is 7.31. The number of rotatable bonds is 3. The van der Waals surface area contributed by atoms with E-state index in [0.29, 0.717) is 17.7 Å². The van der Waals surface area contributed by atoms with Gasteiger partial charge in [-0.25, -0.2) is 4.79 Å². The Morgan fingerprint density at radius 2 is 1.83 bits per heavy atom. The fraction of sp³-hybridized carbons (Fsp3) is 0.619. The summed E-state index contributed by atoms with van der Waals surface area (Å²) in [5, 5.41) is 12.9. The van der Waals surface area contributed by atoms with Crippen molar-refractivity contribution in [2.24, 2.45) is 18.9 Å². The average molecular weight is 399 g/mol. The first kappa shape index (κ1) is 19.7. The summed E-state index contributed by atoms with van der Waals surface area (Å²) in [7, 11) is 1.89. The van der Waals surface area contributed by atoms with Crippen LogP contribution in [0.2, 0.25) is 0 Å². The van der Waals surface area contributed by atoms with E-state index < -0.39 is 5.60 Å². The van der Waals surface area contributed by atoms with E-state index in [1.165, 1.54) is 0 Å². The molecule has 1 aliphatic carbocycles. The van der Waals surface area contributed by atoms with Gasteiger partial charge < -0.3 is 14.4 Å². The number of likely N-dealkylation sites (tertiary alicyclic amines) is 1. The molecular weight excluding hydrogens is 370 g/mol. The molecule has 0 spiro atoms. The Morgan fingerprint density at radius 3 is 2.34 bits per heavy atom. The minimum atomic E-state index is -0.459. The molecule has 2 aliphatic rings. The van der Waals surface area contributed by atoms with Gasteiger partial charge in [-0.05, 0) is 58.4 Å². The molecule has 1 amide bonds. The molecule has 1 saturated heterocycles. The summed E-state index contributed by atoms with van der Waals surface area (Å²) in [5.41, 5.74) is 2.23. The molecule has 0 aromatic carbocycles. The Kier molecular flexibility index (Phi) is 4.96. The number of aromatic nitrogens is 4. The predicted octanol–water partition coefficient (Wildman–Crippen LogP) is 3.21. The van der Waals surface area contributed by atoms with Gasteiger partial charge in [0, 0.05) is 38.0 Å². The molecule has 0 bridgehead atoms. The van der Waals surface area contributed by atoms with E-state index in [2.05, 4.69) is 15.3 Å². The summed E-state index contributed by atoms with van der Waals surface area (Å²) in [5.74, 6) is 1.46. The van der Waals surface area contributed by atoms with Crippen molar-refractivity contribution >= 4 is 6.09 Å². The van der Waals surface area contributed by atoms with Crippen molar-refractivity contribution in [1.82, 2.24) is 24.9 Å². The number of aryl methyl sites for hydroxylation is 2. The van der Waals surface area contributed by atoms with E-state index in [9.17, 15) is 4.79 Å². The minimum Gasteiger partial charge on any atom is -0.473 e. The van der Waals surface area contributed by atoms with E-state index in [0.717, 1.165) is 42.9 Å². The lowest BCUT2D eigenvalue weighted by molar-refractivity contribution is 0.0271. The molecule has 3 atom stereocenters. The molecule has 2 fully saturated rings. The smallest absolute Gasteiger partial charge is 0.410 e. The van der Waals surface area contributed by atoms with Crippen LogP contribution in [0.3, 0.4) is 0 Å². The number of nitrogens with zero attached hydrogens (tertiary/aromatic N) is 5. The third-order valence-electron chi connectivity index (χ3n) is 5.58. The van der Waals surface area contributed by atoms with Gasteiger partial charge in [0.2, 0.25) is 5.88 Å². The van der Waals surface area contributed by atoms with Crippen molar-refractivity contribution < 1.29 is 14.3 Å². The van der Waals surface area contributed by atoms with E-state index in [1.54, 1.807) is 4.68 Å². The van der Waals surface area contributed by atoms with Gasteiger partial charge in [0.05, 0.1) is 11.4 Å².